The first-order chi connectivity index (χ1) is 9.56. The second kappa shape index (κ2) is 5.38. The van der Waals surface area contributed by atoms with E-state index in [9.17, 15) is 5.26 Å². The van der Waals surface area contributed by atoms with Crippen molar-refractivity contribution in [3.8, 4) is 23.8 Å². The van der Waals surface area contributed by atoms with Gasteiger partial charge in [-0.05, 0) is 44.0 Å². The average Bonchev–Trinajstić information content (AvgIpc) is 2.45. The fourth-order valence-corrected chi connectivity index (χ4v) is 1.67. The maximum atomic E-state index is 9.22. The molecule has 0 spiro atoms. The van der Waals surface area contributed by atoms with Crippen molar-refractivity contribution in [2.24, 2.45) is 0 Å². The van der Waals surface area contributed by atoms with Gasteiger partial charge in [-0.25, -0.2) is 0 Å². The van der Waals surface area contributed by atoms with Crippen molar-refractivity contribution in [2.45, 2.75) is 20.8 Å². The molecule has 5 heteroatoms. The molecule has 0 saturated carbocycles. The summed E-state index contributed by atoms with van der Waals surface area (Å²) in [7, 11) is 0. The predicted octanol–water partition coefficient (Wildman–Crippen LogP) is 2.94. The number of aromatic nitrogens is 2. The molecule has 0 N–H and O–H groups in total. The van der Waals surface area contributed by atoms with Gasteiger partial charge in [0.1, 0.15) is 17.4 Å². The van der Waals surface area contributed by atoms with E-state index in [1.807, 2.05) is 13.0 Å². The summed E-state index contributed by atoms with van der Waals surface area (Å²) in [5.41, 5.74) is 3.14. The van der Waals surface area contributed by atoms with Crippen LogP contribution in [0.15, 0.2) is 18.2 Å². The van der Waals surface area contributed by atoms with Gasteiger partial charge >= 0.3 is 0 Å². The van der Waals surface area contributed by atoms with Gasteiger partial charge in [0.05, 0.1) is 17.3 Å². The van der Waals surface area contributed by atoms with Crippen molar-refractivity contribution in [3.05, 3.63) is 46.1 Å². The first-order valence-corrected chi connectivity index (χ1v) is 5.99. The summed E-state index contributed by atoms with van der Waals surface area (Å²) in [4.78, 5) is 0. The minimum absolute atomic E-state index is 0.161. The highest BCUT2D eigenvalue weighted by molar-refractivity contribution is 5.49. The zero-order valence-corrected chi connectivity index (χ0v) is 11.4. The van der Waals surface area contributed by atoms with Crippen LogP contribution in [0.3, 0.4) is 0 Å². The first-order valence-electron chi connectivity index (χ1n) is 5.99. The molecule has 1 aromatic carbocycles. The van der Waals surface area contributed by atoms with Crippen molar-refractivity contribution in [1.29, 1.82) is 10.5 Å². The van der Waals surface area contributed by atoms with Crippen LogP contribution in [-0.2, 0) is 0 Å². The molecular formula is C15H12N4O. The van der Waals surface area contributed by atoms with Crippen molar-refractivity contribution in [3.63, 3.8) is 0 Å². The Balaban J connectivity index is 2.49. The number of hydrogen-bond acceptors (Lipinski definition) is 5. The fraction of sp³-hybridized carbons (Fsp3) is 0.200. The molecule has 2 aromatic rings. The minimum atomic E-state index is 0.161. The number of ether oxygens (including phenoxy) is 1. The first kappa shape index (κ1) is 13.5. The zero-order chi connectivity index (χ0) is 14.7. The van der Waals surface area contributed by atoms with E-state index in [2.05, 4.69) is 16.3 Å². The summed E-state index contributed by atoms with van der Waals surface area (Å²) in [5, 5.41) is 26.0. The molecular weight excluding hydrogens is 252 g/mol. The lowest BCUT2D eigenvalue weighted by Crippen LogP contribution is -2.01. The van der Waals surface area contributed by atoms with Crippen LogP contribution in [0.1, 0.15) is 27.9 Å². The Morgan fingerprint density at radius 3 is 2.45 bits per heavy atom. The lowest BCUT2D eigenvalue weighted by molar-refractivity contribution is 0.448. The van der Waals surface area contributed by atoms with E-state index in [1.54, 1.807) is 32.0 Å². The average molecular weight is 264 g/mol. The monoisotopic (exact) mass is 264 g/mol. The molecule has 98 valence electrons. The number of rotatable bonds is 2. The fourth-order valence-electron chi connectivity index (χ4n) is 1.67. The molecule has 0 aliphatic heterocycles. The lowest BCUT2D eigenvalue weighted by Gasteiger charge is -2.10. The Hall–Kier alpha value is -2.92. The SMILES string of the molecule is Cc1ccc(C#N)cc1Oc1nnc(C)c(C)c1C#N. The van der Waals surface area contributed by atoms with Gasteiger partial charge in [0.15, 0.2) is 0 Å². The van der Waals surface area contributed by atoms with E-state index < -0.39 is 0 Å². The van der Waals surface area contributed by atoms with E-state index >= 15 is 0 Å². The maximum Gasteiger partial charge on any atom is 0.257 e. The normalized spacial score (nSPS) is 9.65. The van der Waals surface area contributed by atoms with Gasteiger partial charge in [-0.1, -0.05) is 6.07 Å². The third-order valence-corrected chi connectivity index (χ3v) is 3.06. The van der Waals surface area contributed by atoms with E-state index in [4.69, 9.17) is 10.00 Å². The summed E-state index contributed by atoms with van der Waals surface area (Å²) >= 11 is 0. The van der Waals surface area contributed by atoms with Crippen molar-refractivity contribution in [1.82, 2.24) is 10.2 Å². The van der Waals surface area contributed by atoms with Gasteiger partial charge in [-0.3, -0.25) is 0 Å². The third kappa shape index (κ3) is 2.43. The molecule has 0 aliphatic rings. The molecule has 0 atom stereocenters. The van der Waals surface area contributed by atoms with Gasteiger partial charge in [0.2, 0.25) is 0 Å². The van der Waals surface area contributed by atoms with Crippen LogP contribution in [0.2, 0.25) is 0 Å². The summed E-state index contributed by atoms with van der Waals surface area (Å²) in [6, 6.07) is 9.24. The van der Waals surface area contributed by atoms with Gasteiger partial charge < -0.3 is 4.74 Å². The van der Waals surface area contributed by atoms with Crippen molar-refractivity contribution in [2.75, 3.05) is 0 Å². The number of hydrogen-bond donors (Lipinski definition) is 0. The molecule has 0 bridgehead atoms. The van der Waals surface area contributed by atoms with E-state index in [-0.39, 0.29) is 5.88 Å². The van der Waals surface area contributed by atoms with Crippen LogP contribution in [0, 0.1) is 43.4 Å². The van der Waals surface area contributed by atoms with Crippen LogP contribution < -0.4 is 4.74 Å². The molecule has 1 heterocycles. The van der Waals surface area contributed by atoms with Gasteiger partial charge in [-0.15, -0.1) is 5.10 Å². The second-order valence-corrected chi connectivity index (χ2v) is 4.40. The van der Waals surface area contributed by atoms with Crippen LogP contribution >= 0.6 is 0 Å². The molecule has 2 rings (SSSR count). The second-order valence-electron chi connectivity index (χ2n) is 4.40. The molecule has 0 aliphatic carbocycles. The molecule has 1 aromatic heterocycles. The van der Waals surface area contributed by atoms with Gasteiger partial charge in [0, 0.05) is 0 Å². The molecule has 0 saturated heterocycles. The Morgan fingerprint density at radius 2 is 1.80 bits per heavy atom. The van der Waals surface area contributed by atoms with Crippen molar-refractivity contribution >= 4 is 0 Å². The topological polar surface area (TPSA) is 82.6 Å². The zero-order valence-electron chi connectivity index (χ0n) is 11.4. The molecule has 20 heavy (non-hydrogen) atoms. The molecule has 0 radical (unpaired) electrons. The Bertz CT molecular complexity index is 754. The quantitative estimate of drug-likeness (QED) is 0.832. The van der Waals surface area contributed by atoms with Crippen LogP contribution in [0.4, 0.5) is 0 Å². The van der Waals surface area contributed by atoms with Crippen molar-refractivity contribution < 1.29 is 4.74 Å². The highest BCUT2D eigenvalue weighted by Gasteiger charge is 2.14. The number of aryl methyl sites for hydroxylation is 2. The highest BCUT2D eigenvalue weighted by Crippen LogP contribution is 2.28. The molecule has 0 fully saturated rings. The number of benzene rings is 1. The van der Waals surface area contributed by atoms with Crippen LogP contribution in [0.25, 0.3) is 0 Å². The number of nitrogens with zero attached hydrogens (tertiary/aromatic N) is 4. The Kier molecular flexibility index (Phi) is 3.63. The maximum absolute atomic E-state index is 9.22. The lowest BCUT2D eigenvalue weighted by atomic mass is 10.1. The third-order valence-electron chi connectivity index (χ3n) is 3.06. The van der Waals surface area contributed by atoms with E-state index in [0.717, 1.165) is 11.1 Å². The molecule has 0 amide bonds. The van der Waals surface area contributed by atoms with Gasteiger partial charge in [-0.2, -0.15) is 15.6 Å². The number of nitriles is 2. The Morgan fingerprint density at radius 1 is 1.05 bits per heavy atom. The Labute approximate surface area is 117 Å². The minimum Gasteiger partial charge on any atom is -0.436 e. The summed E-state index contributed by atoms with van der Waals surface area (Å²) in [6.45, 7) is 5.44. The van der Waals surface area contributed by atoms with Crippen LogP contribution in [0.5, 0.6) is 11.6 Å². The van der Waals surface area contributed by atoms with E-state index in [1.165, 1.54) is 0 Å². The molecule has 5 nitrogen and oxygen atoms in total. The molecule has 0 unspecified atom stereocenters. The summed E-state index contributed by atoms with van der Waals surface area (Å²) in [5.74, 6) is 0.659. The van der Waals surface area contributed by atoms with Gasteiger partial charge in [0.25, 0.3) is 5.88 Å². The smallest absolute Gasteiger partial charge is 0.257 e. The summed E-state index contributed by atoms with van der Waals surface area (Å²) < 4.78 is 5.66. The standard InChI is InChI=1S/C15H12N4O/c1-9-4-5-12(7-16)6-14(9)20-15-13(8-17)10(2)11(3)18-19-15/h4-6H,1-3H3. The largest absolute Gasteiger partial charge is 0.436 e. The van der Waals surface area contributed by atoms with E-state index in [0.29, 0.717) is 22.6 Å². The summed E-state index contributed by atoms with van der Waals surface area (Å²) in [6.07, 6.45) is 0. The highest BCUT2D eigenvalue weighted by atomic mass is 16.5. The van der Waals surface area contributed by atoms with Crippen LogP contribution in [-0.4, -0.2) is 10.2 Å². The predicted molar refractivity (Wildman–Crippen MR) is 72.2 cm³/mol.